The number of benzene rings is 2. The number of likely N-dealkylation sites (N-methyl/N-ethyl adjacent to an activating group) is 1. The number of rotatable bonds is 5. The van der Waals surface area contributed by atoms with E-state index in [1.165, 1.54) is 12.1 Å². The fraction of sp³-hybridized carbons (Fsp3) is 0.214. The summed E-state index contributed by atoms with van der Waals surface area (Å²) in [6, 6.07) is 9.69. The van der Waals surface area contributed by atoms with Gasteiger partial charge in [0.1, 0.15) is 5.75 Å². The van der Waals surface area contributed by atoms with Gasteiger partial charge in [-0.25, -0.2) is 8.42 Å². The molecule has 0 bridgehead atoms. The molecule has 2 aromatic carbocycles. The Kier molecular flexibility index (Phi) is 4.69. The maximum atomic E-state index is 11.6. The van der Waals surface area contributed by atoms with Crippen molar-refractivity contribution in [2.75, 3.05) is 13.2 Å². The smallest absolute Gasteiger partial charge is 0.261 e. The maximum absolute atomic E-state index is 11.6. The lowest BCUT2D eigenvalue weighted by atomic mass is 10.1. The zero-order valence-corrected chi connectivity index (χ0v) is 12.9. The third kappa shape index (κ3) is 3.65. The Morgan fingerprint density at radius 3 is 2.48 bits per heavy atom. The summed E-state index contributed by atoms with van der Waals surface area (Å²) in [6.07, 6.45) is 0. The molecule has 0 atom stereocenters. The molecule has 0 aliphatic heterocycles. The Labute approximate surface area is 127 Å². The summed E-state index contributed by atoms with van der Waals surface area (Å²) in [5.41, 5.74) is 0. The molecular weight excluding hydrogens is 314 g/mol. The van der Waals surface area contributed by atoms with Crippen LogP contribution in [0.1, 0.15) is 6.92 Å². The van der Waals surface area contributed by atoms with Crippen molar-refractivity contribution in [2.45, 2.75) is 11.8 Å². The highest BCUT2D eigenvalue weighted by molar-refractivity contribution is 8.14. The van der Waals surface area contributed by atoms with Gasteiger partial charge in [-0.3, -0.25) is 4.79 Å². The molecule has 0 fully saturated rings. The minimum atomic E-state index is -3.85. The first-order valence-electron chi connectivity index (χ1n) is 6.29. The molecule has 2 rings (SSSR count). The van der Waals surface area contributed by atoms with Crippen molar-refractivity contribution in [1.29, 1.82) is 0 Å². The zero-order chi connectivity index (χ0) is 15.5. The molecule has 21 heavy (non-hydrogen) atoms. The molecule has 1 amide bonds. The monoisotopic (exact) mass is 327 g/mol. The molecular formula is C14H14ClNO4S. The number of amides is 1. The summed E-state index contributed by atoms with van der Waals surface area (Å²) in [7, 11) is 1.58. The molecule has 0 unspecified atom stereocenters. The van der Waals surface area contributed by atoms with Gasteiger partial charge in [-0.15, -0.1) is 0 Å². The van der Waals surface area contributed by atoms with Gasteiger partial charge in [0.25, 0.3) is 15.0 Å². The van der Waals surface area contributed by atoms with Gasteiger partial charge in [-0.2, -0.15) is 0 Å². The van der Waals surface area contributed by atoms with E-state index in [2.05, 4.69) is 5.32 Å². The van der Waals surface area contributed by atoms with Gasteiger partial charge in [0.05, 0.1) is 4.90 Å². The van der Waals surface area contributed by atoms with E-state index in [0.717, 1.165) is 0 Å². The molecule has 0 spiro atoms. The standard InChI is InChI=1S/C14H14ClNO4S/c1-2-16-14(17)9-20-12-7-8-13(21(15,18)19)11-6-4-3-5-10(11)12/h3-8H,2,9H2,1H3,(H,16,17). The summed E-state index contributed by atoms with van der Waals surface area (Å²) in [6.45, 7) is 2.20. The van der Waals surface area contributed by atoms with Crippen molar-refractivity contribution in [3.63, 3.8) is 0 Å². The van der Waals surface area contributed by atoms with E-state index in [4.69, 9.17) is 15.4 Å². The van der Waals surface area contributed by atoms with Crippen LogP contribution in [0.4, 0.5) is 0 Å². The number of carbonyl (C=O) groups is 1. The molecule has 7 heteroatoms. The SMILES string of the molecule is CCNC(=O)COc1ccc(S(=O)(=O)Cl)c2ccccc12. The van der Waals surface area contributed by atoms with Crippen molar-refractivity contribution in [3.05, 3.63) is 36.4 Å². The van der Waals surface area contributed by atoms with Crippen molar-refractivity contribution in [2.24, 2.45) is 0 Å². The summed E-state index contributed by atoms with van der Waals surface area (Å²) in [5, 5.41) is 3.66. The second-order valence-electron chi connectivity index (χ2n) is 4.29. The number of carbonyl (C=O) groups excluding carboxylic acids is 1. The van der Waals surface area contributed by atoms with Crippen LogP contribution < -0.4 is 10.1 Å². The van der Waals surface area contributed by atoms with E-state index in [0.29, 0.717) is 23.1 Å². The molecule has 1 N–H and O–H groups in total. The molecule has 0 aliphatic rings. The van der Waals surface area contributed by atoms with Crippen LogP contribution in [0.2, 0.25) is 0 Å². The molecule has 112 valence electrons. The minimum Gasteiger partial charge on any atom is -0.483 e. The summed E-state index contributed by atoms with van der Waals surface area (Å²) in [4.78, 5) is 11.4. The van der Waals surface area contributed by atoms with Crippen LogP contribution in [0.5, 0.6) is 5.75 Å². The van der Waals surface area contributed by atoms with Crippen LogP contribution >= 0.6 is 10.7 Å². The highest BCUT2D eigenvalue weighted by Crippen LogP contribution is 2.32. The first kappa shape index (κ1) is 15.6. The number of hydrogen-bond acceptors (Lipinski definition) is 4. The number of halogens is 1. The van der Waals surface area contributed by atoms with Crippen molar-refractivity contribution < 1.29 is 17.9 Å². The second kappa shape index (κ2) is 6.32. The Bertz CT molecular complexity index is 774. The topological polar surface area (TPSA) is 72.5 Å². The van der Waals surface area contributed by atoms with Crippen LogP contribution in [0.25, 0.3) is 10.8 Å². The molecule has 5 nitrogen and oxygen atoms in total. The molecule has 0 radical (unpaired) electrons. The molecule has 0 heterocycles. The lowest BCUT2D eigenvalue weighted by Crippen LogP contribution is -2.28. The van der Waals surface area contributed by atoms with E-state index in [1.807, 2.05) is 6.92 Å². The summed E-state index contributed by atoms with van der Waals surface area (Å²) >= 11 is 0. The van der Waals surface area contributed by atoms with Gasteiger partial charge in [-0.1, -0.05) is 24.3 Å². The van der Waals surface area contributed by atoms with Gasteiger partial charge in [0.2, 0.25) is 0 Å². The third-order valence-corrected chi connectivity index (χ3v) is 4.22. The van der Waals surface area contributed by atoms with Crippen LogP contribution in [0, 0.1) is 0 Å². The average molecular weight is 328 g/mol. The Morgan fingerprint density at radius 2 is 1.86 bits per heavy atom. The van der Waals surface area contributed by atoms with E-state index in [9.17, 15) is 13.2 Å². The van der Waals surface area contributed by atoms with Crippen LogP contribution in [0.15, 0.2) is 41.3 Å². The number of ether oxygens (including phenoxy) is 1. The Balaban J connectivity index is 2.41. The zero-order valence-electron chi connectivity index (χ0n) is 11.3. The number of hydrogen-bond donors (Lipinski definition) is 1. The molecule has 0 saturated carbocycles. The summed E-state index contributed by atoms with van der Waals surface area (Å²) in [5.74, 6) is 0.191. The predicted molar refractivity (Wildman–Crippen MR) is 81.2 cm³/mol. The van der Waals surface area contributed by atoms with Crippen molar-refractivity contribution in [1.82, 2.24) is 5.32 Å². The molecule has 0 saturated heterocycles. The van der Waals surface area contributed by atoms with Gasteiger partial charge in [0, 0.05) is 28.0 Å². The van der Waals surface area contributed by atoms with Gasteiger partial charge < -0.3 is 10.1 Å². The highest BCUT2D eigenvalue weighted by atomic mass is 35.7. The van der Waals surface area contributed by atoms with Gasteiger partial charge in [-0.05, 0) is 19.1 Å². The first-order chi connectivity index (χ1) is 9.93. The fourth-order valence-corrected chi connectivity index (χ4v) is 3.05. The third-order valence-electron chi connectivity index (χ3n) is 2.84. The largest absolute Gasteiger partial charge is 0.483 e. The van der Waals surface area contributed by atoms with Gasteiger partial charge >= 0.3 is 0 Å². The van der Waals surface area contributed by atoms with Crippen LogP contribution in [0.3, 0.4) is 0 Å². The molecule has 0 aromatic heterocycles. The fourth-order valence-electron chi connectivity index (χ4n) is 1.97. The van der Waals surface area contributed by atoms with E-state index in [1.54, 1.807) is 24.3 Å². The highest BCUT2D eigenvalue weighted by Gasteiger charge is 2.16. The number of fused-ring (bicyclic) bond motifs is 1. The molecule has 2 aromatic rings. The van der Waals surface area contributed by atoms with E-state index in [-0.39, 0.29) is 17.4 Å². The maximum Gasteiger partial charge on any atom is 0.261 e. The Morgan fingerprint density at radius 1 is 1.19 bits per heavy atom. The predicted octanol–water partition coefficient (Wildman–Crippen LogP) is 2.28. The van der Waals surface area contributed by atoms with E-state index >= 15 is 0 Å². The normalized spacial score (nSPS) is 11.3. The lowest BCUT2D eigenvalue weighted by molar-refractivity contribution is -0.122. The van der Waals surface area contributed by atoms with Crippen molar-refractivity contribution in [3.8, 4) is 5.75 Å². The van der Waals surface area contributed by atoms with Crippen LogP contribution in [-0.2, 0) is 13.8 Å². The lowest BCUT2D eigenvalue weighted by Gasteiger charge is -2.11. The second-order valence-corrected chi connectivity index (χ2v) is 6.82. The van der Waals surface area contributed by atoms with E-state index < -0.39 is 9.05 Å². The Hall–Kier alpha value is -1.79. The first-order valence-corrected chi connectivity index (χ1v) is 8.60. The average Bonchev–Trinajstić information content (AvgIpc) is 2.43. The van der Waals surface area contributed by atoms with Crippen molar-refractivity contribution >= 4 is 36.4 Å². The van der Waals surface area contributed by atoms with Gasteiger partial charge in [0.15, 0.2) is 6.61 Å². The molecule has 0 aliphatic carbocycles. The summed E-state index contributed by atoms with van der Waals surface area (Å²) < 4.78 is 28.6. The quantitative estimate of drug-likeness (QED) is 0.855. The number of nitrogens with one attached hydrogen (secondary N) is 1. The van der Waals surface area contributed by atoms with Crippen LogP contribution in [-0.4, -0.2) is 27.5 Å². The minimum absolute atomic E-state index is 0.0186.